The van der Waals surface area contributed by atoms with Gasteiger partial charge in [0.15, 0.2) is 0 Å². The van der Waals surface area contributed by atoms with Crippen molar-refractivity contribution in [3.63, 3.8) is 0 Å². The Morgan fingerprint density at radius 2 is 1.94 bits per heavy atom. The number of aromatic nitrogens is 1. The average molecular weight is 230 g/mol. The molecule has 0 saturated carbocycles. The van der Waals surface area contributed by atoms with Crippen molar-refractivity contribution in [2.24, 2.45) is 0 Å². The summed E-state index contributed by atoms with van der Waals surface area (Å²) in [7, 11) is 0. The molecule has 17 heavy (non-hydrogen) atoms. The summed E-state index contributed by atoms with van der Waals surface area (Å²) in [5.41, 5.74) is 1.02. The van der Waals surface area contributed by atoms with Crippen molar-refractivity contribution >= 4 is 18.2 Å². The maximum atomic E-state index is 10.1. The van der Waals surface area contributed by atoms with E-state index in [-0.39, 0.29) is 0 Å². The molecule has 0 aliphatic rings. The molecule has 0 amide bonds. The highest BCUT2D eigenvalue weighted by Crippen LogP contribution is 2.11. The standard InChI is InChI=1S/C14H18N2O/c1-3-16(4-2)14-10-9-13(12-15-14)8-6-5-7-11-17/h5-12H,3-4H2,1-2H3. The fraction of sp³-hybridized carbons (Fsp3) is 0.286. The minimum Gasteiger partial charge on any atom is -0.357 e. The zero-order chi connectivity index (χ0) is 12.5. The molecule has 90 valence electrons. The second-order valence-corrected chi connectivity index (χ2v) is 3.50. The molecule has 3 heteroatoms. The number of carbonyl (C=O) groups is 1. The van der Waals surface area contributed by atoms with Gasteiger partial charge in [0.05, 0.1) is 0 Å². The van der Waals surface area contributed by atoms with E-state index in [1.165, 1.54) is 6.08 Å². The third-order valence-electron chi connectivity index (χ3n) is 2.45. The summed E-state index contributed by atoms with van der Waals surface area (Å²) in [6, 6.07) is 4.03. The highest BCUT2D eigenvalue weighted by molar-refractivity contribution is 5.66. The first-order valence-corrected chi connectivity index (χ1v) is 5.81. The van der Waals surface area contributed by atoms with Gasteiger partial charge < -0.3 is 4.90 Å². The van der Waals surface area contributed by atoms with Crippen LogP contribution in [0.4, 0.5) is 5.82 Å². The van der Waals surface area contributed by atoms with Crippen LogP contribution < -0.4 is 4.90 Å². The highest BCUT2D eigenvalue weighted by Gasteiger charge is 2.01. The topological polar surface area (TPSA) is 33.2 Å². The van der Waals surface area contributed by atoms with E-state index in [2.05, 4.69) is 23.7 Å². The number of allylic oxidation sites excluding steroid dienone is 3. The quantitative estimate of drug-likeness (QED) is 0.428. The number of aldehydes is 1. The van der Waals surface area contributed by atoms with Crippen molar-refractivity contribution in [1.82, 2.24) is 4.98 Å². The largest absolute Gasteiger partial charge is 0.357 e. The van der Waals surface area contributed by atoms with Gasteiger partial charge in [-0.15, -0.1) is 0 Å². The smallest absolute Gasteiger partial charge is 0.142 e. The molecule has 0 aliphatic carbocycles. The maximum absolute atomic E-state index is 10.1. The molecule has 0 bridgehead atoms. The Kier molecular flexibility index (Phi) is 5.72. The van der Waals surface area contributed by atoms with E-state index in [0.717, 1.165) is 30.8 Å². The summed E-state index contributed by atoms with van der Waals surface area (Å²) < 4.78 is 0. The molecule has 0 spiro atoms. The second-order valence-electron chi connectivity index (χ2n) is 3.50. The lowest BCUT2D eigenvalue weighted by Crippen LogP contribution is -2.22. The molecule has 0 N–H and O–H groups in total. The van der Waals surface area contributed by atoms with Crippen molar-refractivity contribution in [1.29, 1.82) is 0 Å². The number of hydrogen-bond acceptors (Lipinski definition) is 3. The van der Waals surface area contributed by atoms with Crippen LogP contribution in [0, 0.1) is 0 Å². The summed E-state index contributed by atoms with van der Waals surface area (Å²) in [4.78, 5) is 16.7. The highest BCUT2D eigenvalue weighted by atomic mass is 16.1. The van der Waals surface area contributed by atoms with Crippen molar-refractivity contribution in [2.75, 3.05) is 18.0 Å². The van der Waals surface area contributed by atoms with Crippen LogP contribution in [0.25, 0.3) is 6.08 Å². The van der Waals surface area contributed by atoms with Gasteiger partial charge in [-0.1, -0.05) is 18.2 Å². The van der Waals surface area contributed by atoms with Crippen molar-refractivity contribution in [2.45, 2.75) is 13.8 Å². The predicted octanol–water partition coefficient (Wildman–Crippen LogP) is 2.70. The Hall–Kier alpha value is -1.90. The molecule has 1 aromatic rings. The monoisotopic (exact) mass is 230 g/mol. The number of anilines is 1. The van der Waals surface area contributed by atoms with Gasteiger partial charge in [0.25, 0.3) is 0 Å². The number of hydrogen-bond donors (Lipinski definition) is 0. The zero-order valence-corrected chi connectivity index (χ0v) is 10.3. The molecule has 0 unspecified atom stereocenters. The summed E-state index contributed by atoms with van der Waals surface area (Å²) in [6.07, 6.45) is 9.48. The molecule has 0 aliphatic heterocycles. The maximum Gasteiger partial charge on any atom is 0.142 e. The van der Waals surface area contributed by atoms with Crippen LogP contribution in [0.15, 0.2) is 36.6 Å². The summed E-state index contributed by atoms with van der Waals surface area (Å²) in [5, 5.41) is 0. The lowest BCUT2D eigenvalue weighted by molar-refractivity contribution is -0.104. The first kappa shape index (κ1) is 13.2. The van der Waals surface area contributed by atoms with Gasteiger partial charge in [-0.05, 0) is 37.6 Å². The fourth-order valence-corrected chi connectivity index (χ4v) is 1.51. The van der Waals surface area contributed by atoms with Crippen molar-refractivity contribution in [3.8, 4) is 0 Å². The van der Waals surface area contributed by atoms with Crippen LogP contribution in [0.5, 0.6) is 0 Å². The molecule has 0 radical (unpaired) electrons. The first-order valence-electron chi connectivity index (χ1n) is 5.81. The summed E-state index contributed by atoms with van der Waals surface area (Å²) in [6.45, 7) is 6.15. The lowest BCUT2D eigenvalue weighted by atomic mass is 10.2. The van der Waals surface area contributed by atoms with Crippen LogP contribution in [0.2, 0.25) is 0 Å². The van der Waals surface area contributed by atoms with E-state index in [1.54, 1.807) is 6.08 Å². The van der Waals surface area contributed by atoms with Gasteiger partial charge in [-0.2, -0.15) is 0 Å². The number of pyridine rings is 1. The van der Waals surface area contributed by atoms with Gasteiger partial charge in [-0.3, -0.25) is 4.79 Å². The van der Waals surface area contributed by atoms with Crippen LogP contribution >= 0.6 is 0 Å². The molecule has 1 aromatic heterocycles. The van der Waals surface area contributed by atoms with Crippen LogP contribution in [-0.4, -0.2) is 24.4 Å². The normalized spacial score (nSPS) is 11.2. The fourth-order valence-electron chi connectivity index (χ4n) is 1.51. The molecular formula is C14H18N2O. The SMILES string of the molecule is CCN(CC)c1ccc(C=CC=CC=O)cn1. The van der Waals surface area contributed by atoms with Crippen molar-refractivity contribution < 1.29 is 4.79 Å². The van der Waals surface area contributed by atoms with E-state index < -0.39 is 0 Å². The van der Waals surface area contributed by atoms with E-state index in [9.17, 15) is 4.79 Å². The van der Waals surface area contributed by atoms with E-state index >= 15 is 0 Å². The number of rotatable bonds is 6. The van der Waals surface area contributed by atoms with Crippen LogP contribution in [-0.2, 0) is 4.79 Å². The summed E-state index contributed by atoms with van der Waals surface area (Å²) in [5.74, 6) is 0.996. The molecule has 1 heterocycles. The third kappa shape index (κ3) is 4.23. The van der Waals surface area contributed by atoms with Gasteiger partial charge in [0.2, 0.25) is 0 Å². The van der Waals surface area contributed by atoms with Gasteiger partial charge in [-0.25, -0.2) is 4.98 Å². The Balaban J connectivity index is 2.70. The molecule has 1 rings (SSSR count). The third-order valence-corrected chi connectivity index (χ3v) is 2.45. The zero-order valence-electron chi connectivity index (χ0n) is 10.3. The minimum atomic E-state index is 0.756. The van der Waals surface area contributed by atoms with Crippen molar-refractivity contribution in [3.05, 3.63) is 42.1 Å². The summed E-state index contributed by atoms with van der Waals surface area (Å²) >= 11 is 0. The average Bonchev–Trinajstić information content (AvgIpc) is 2.38. The van der Waals surface area contributed by atoms with E-state index in [0.29, 0.717) is 0 Å². The van der Waals surface area contributed by atoms with Gasteiger partial charge >= 0.3 is 0 Å². The number of nitrogens with zero attached hydrogens (tertiary/aromatic N) is 2. The molecular weight excluding hydrogens is 212 g/mol. The van der Waals surface area contributed by atoms with Crippen LogP contribution in [0.1, 0.15) is 19.4 Å². The molecule has 0 aromatic carbocycles. The Labute approximate surface area is 102 Å². The Morgan fingerprint density at radius 1 is 1.18 bits per heavy atom. The van der Waals surface area contributed by atoms with Gasteiger partial charge in [0.1, 0.15) is 12.1 Å². The molecule has 0 fully saturated rings. The molecule has 0 saturated heterocycles. The lowest BCUT2D eigenvalue weighted by Gasteiger charge is -2.19. The number of carbonyl (C=O) groups excluding carboxylic acids is 1. The van der Waals surface area contributed by atoms with Gasteiger partial charge in [0, 0.05) is 19.3 Å². The van der Waals surface area contributed by atoms with E-state index in [1.807, 2.05) is 30.5 Å². The minimum absolute atomic E-state index is 0.756. The second kappa shape index (κ2) is 7.39. The Bertz CT molecular complexity index is 389. The first-order chi connectivity index (χ1) is 8.31. The molecule has 3 nitrogen and oxygen atoms in total. The van der Waals surface area contributed by atoms with E-state index in [4.69, 9.17) is 0 Å². The predicted molar refractivity (Wildman–Crippen MR) is 72.0 cm³/mol. The van der Waals surface area contributed by atoms with Crippen LogP contribution in [0.3, 0.4) is 0 Å². The Morgan fingerprint density at radius 3 is 2.47 bits per heavy atom. The molecule has 0 atom stereocenters.